The summed E-state index contributed by atoms with van der Waals surface area (Å²) in [6, 6.07) is 0. The molecule has 5 heteroatoms. The molecule has 0 saturated heterocycles. The van der Waals surface area contributed by atoms with E-state index in [-0.39, 0.29) is 12.5 Å². The van der Waals surface area contributed by atoms with Crippen molar-refractivity contribution < 1.29 is 9.84 Å². The molecule has 0 aliphatic heterocycles. The molecule has 0 radical (unpaired) electrons. The minimum Gasteiger partial charge on any atom is -0.477 e. The molecule has 2 N–H and O–H groups in total. The van der Waals surface area contributed by atoms with Gasteiger partial charge in [0.05, 0.1) is 12.2 Å². The molecule has 0 atom stereocenters. The molecule has 17 heavy (non-hydrogen) atoms. The van der Waals surface area contributed by atoms with Crippen LogP contribution in [0, 0.1) is 0 Å². The molecule has 0 amide bonds. The van der Waals surface area contributed by atoms with Gasteiger partial charge in [0.25, 0.3) is 0 Å². The van der Waals surface area contributed by atoms with Gasteiger partial charge in [0.2, 0.25) is 5.88 Å². The molecule has 1 heterocycles. The molecule has 96 valence electrons. The summed E-state index contributed by atoms with van der Waals surface area (Å²) >= 11 is 0. The molecule has 0 spiro atoms. The molecular weight excluding hydrogens is 218 g/mol. The van der Waals surface area contributed by atoms with Crippen LogP contribution in [0.2, 0.25) is 0 Å². The van der Waals surface area contributed by atoms with E-state index >= 15 is 0 Å². The maximum Gasteiger partial charge on any atom is 0.222 e. The third-order valence-electron chi connectivity index (χ3n) is 2.31. The van der Waals surface area contributed by atoms with Gasteiger partial charge in [-0.15, -0.1) is 0 Å². The van der Waals surface area contributed by atoms with Crippen LogP contribution in [-0.2, 0) is 0 Å². The number of aliphatic hydroxyl groups excluding tert-OH is 1. The summed E-state index contributed by atoms with van der Waals surface area (Å²) < 4.78 is 5.57. The van der Waals surface area contributed by atoms with E-state index in [0.717, 1.165) is 17.9 Å². The van der Waals surface area contributed by atoms with Crippen LogP contribution in [0.25, 0.3) is 0 Å². The Bertz CT molecular complexity index is 343. The first kappa shape index (κ1) is 13.7. The molecule has 0 aliphatic rings. The molecule has 0 saturated carbocycles. The highest BCUT2D eigenvalue weighted by molar-refractivity contribution is 5.50. The van der Waals surface area contributed by atoms with Crippen LogP contribution in [0.4, 0.5) is 5.82 Å². The Labute approximate surface area is 102 Å². The Balaban J connectivity index is 2.90. The van der Waals surface area contributed by atoms with Gasteiger partial charge < -0.3 is 15.2 Å². The van der Waals surface area contributed by atoms with Crippen LogP contribution in [0.1, 0.15) is 38.7 Å². The third kappa shape index (κ3) is 3.85. The second-order valence-corrected chi connectivity index (χ2v) is 4.05. The van der Waals surface area contributed by atoms with E-state index in [1.807, 2.05) is 6.92 Å². The highest BCUT2D eigenvalue weighted by Crippen LogP contribution is 2.29. The number of hydrogen-bond acceptors (Lipinski definition) is 5. The fourth-order valence-electron chi connectivity index (χ4n) is 1.56. The van der Waals surface area contributed by atoms with Crippen LogP contribution in [0.15, 0.2) is 6.33 Å². The second kappa shape index (κ2) is 7.06. The minimum absolute atomic E-state index is 0.127. The Kier molecular flexibility index (Phi) is 5.69. The van der Waals surface area contributed by atoms with Crippen molar-refractivity contribution in [3.63, 3.8) is 0 Å². The standard InChI is InChI=1S/C12H21N3O2/c1-4-13-11-10(9(2)3)12(15-8-14-11)17-7-5-6-16/h8-9,16H,4-7H2,1-3H3,(H,13,14,15). The van der Waals surface area contributed by atoms with Crippen LogP contribution in [0.3, 0.4) is 0 Å². The summed E-state index contributed by atoms with van der Waals surface area (Å²) in [6.45, 7) is 7.60. The smallest absolute Gasteiger partial charge is 0.222 e. The van der Waals surface area contributed by atoms with Gasteiger partial charge in [-0.05, 0) is 12.8 Å². The fourth-order valence-corrected chi connectivity index (χ4v) is 1.56. The summed E-state index contributed by atoms with van der Waals surface area (Å²) in [5, 5.41) is 11.9. The normalized spacial score (nSPS) is 10.6. The maximum absolute atomic E-state index is 8.74. The van der Waals surface area contributed by atoms with Gasteiger partial charge in [0, 0.05) is 19.6 Å². The molecule has 1 aromatic heterocycles. The van der Waals surface area contributed by atoms with Crippen LogP contribution in [0.5, 0.6) is 5.88 Å². The Morgan fingerprint density at radius 2 is 2.18 bits per heavy atom. The Hall–Kier alpha value is -1.36. The lowest BCUT2D eigenvalue weighted by Crippen LogP contribution is -2.10. The summed E-state index contributed by atoms with van der Waals surface area (Å²) in [5.41, 5.74) is 0.993. The zero-order valence-electron chi connectivity index (χ0n) is 10.7. The van der Waals surface area contributed by atoms with Crippen LogP contribution in [-0.4, -0.2) is 34.8 Å². The number of aromatic nitrogens is 2. The van der Waals surface area contributed by atoms with E-state index in [9.17, 15) is 0 Å². The largest absolute Gasteiger partial charge is 0.477 e. The Morgan fingerprint density at radius 1 is 1.41 bits per heavy atom. The predicted molar refractivity (Wildman–Crippen MR) is 67.5 cm³/mol. The topological polar surface area (TPSA) is 67.3 Å². The van der Waals surface area contributed by atoms with E-state index in [2.05, 4.69) is 29.1 Å². The van der Waals surface area contributed by atoms with Crippen molar-refractivity contribution in [3.8, 4) is 5.88 Å². The lowest BCUT2D eigenvalue weighted by Gasteiger charge is -2.16. The third-order valence-corrected chi connectivity index (χ3v) is 2.31. The first-order valence-corrected chi connectivity index (χ1v) is 6.03. The minimum atomic E-state index is 0.127. The summed E-state index contributed by atoms with van der Waals surface area (Å²) in [7, 11) is 0. The summed E-state index contributed by atoms with van der Waals surface area (Å²) in [6.07, 6.45) is 2.11. The number of aliphatic hydroxyl groups is 1. The quantitative estimate of drug-likeness (QED) is 0.710. The molecule has 0 unspecified atom stereocenters. The number of nitrogens with zero attached hydrogens (tertiary/aromatic N) is 2. The lowest BCUT2D eigenvalue weighted by atomic mass is 10.1. The fraction of sp³-hybridized carbons (Fsp3) is 0.667. The van der Waals surface area contributed by atoms with E-state index < -0.39 is 0 Å². The molecule has 5 nitrogen and oxygen atoms in total. The molecule has 1 aromatic rings. The van der Waals surface area contributed by atoms with Crippen molar-refractivity contribution in [2.45, 2.75) is 33.1 Å². The van der Waals surface area contributed by atoms with Crippen molar-refractivity contribution in [2.75, 3.05) is 25.1 Å². The molecule has 0 bridgehead atoms. The van der Waals surface area contributed by atoms with Gasteiger partial charge in [0.1, 0.15) is 12.1 Å². The zero-order valence-corrected chi connectivity index (χ0v) is 10.7. The van der Waals surface area contributed by atoms with Crippen molar-refractivity contribution in [1.29, 1.82) is 0 Å². The van der Waals surface area contributed by atoms with E-state index in [4.69, 9.17) is 9.84 Å². The molecule has 1 rings (SSSR count). The average Bonchev–Trinajstić information content (AvgIpc) is 2.29. The average molecular weight is 239 g/mol. The molecular formula is C12H21N3O2. The van der Waals surface area contributed by atoms with Gasteiger partial charge in [-0.1, -0.05) is 13.8 Å². The lowest BCUT2D eigenvalue weighted by molar-refractivity contribution is 0.227. The van der Waals surface area contributed by atoms with Crippen LogP contribution >= 0.6 is 0 Å². The van der Waals surface area contributed by atoms with Crippen molar-refractivity contribution >= 4 is 5.82 Å². The molecule has 0 fully saturated rings. The zero-order chi connectivity index (χ0) is 12.7. The first-order valence-electron chi connectivity index (χ1n) is 6.03. The van der Waals surface area contributed by atoms with Crippen LogP contribution < -0.4 is 10.1 Å². The highest BCUT2D eigenvalue weighted by Gasteiger charge is 2.15. The van der Waals surface area contributed by atoms with E-state index in [1.54, 1.807) is 0 Å². The van der Waals surface area contributed by atoms with Gasteiger partial charge in [-0.3, -0.25) is 0 Å². The Morgan fingerprint density at radius 3 is 2.76 bits per heavy atom. The summed E-state index contributed by atoms with van der Waals surface area (Å²) in [4.78, 5) is 8.39. The predicted octanol–water partition coefficient (Wildman–Crippen LogP) is 1.79. The van der Waals surface area contributed by atoms with Crippen molar-refractivity contribution in [1.82, 2.24) is 9.97 Å². The highest BCUT2D eigenvalue weighted by atomic mass is 16.5. The number of anilines is 1. The van der Waals surface area contributed by atoms with Crippen molar-refractivity contribution in [2.24, 2.45) is 0 Å². The van der Waals surface area contributed by atoms with E-state index in [0.29, 0.717) is 18.9 Å². The van der Waals surface area contributed by atoms with Crippen molar-refractivity contribution in [3.05, 3.63) is 11.9 Å². The number of hydrogen-bond donors (Lipinski definition) is 2. The molecule has 0 aromatic carbocycles. The van der Waals surface area contributed by atoms with E-state index in [1.165, 1.54) is 6.33 Å². The number of nitrogens with one attached hydrogen (secondary N) is 1. The summed E-state index contributed by atoms with van der Waals surface area (Å²) in [5.74, 6) is 1.73. The van der Waals surface area contributed by atoms with Gasteiger partial charge in [0.15, 0.2) is 0 Å². The number of rotatable bonds is 7. The molecule has 0 aliphatic carbocycles. The number of ether oxygens (including phenoxy) is 1. The van der Waals surface area contributed by atoms with Gasteiger partial charge >= 0.3 is 0 Å². The monoisotopic (exact) mass is 239 g/mol. The van der Waals surface area contributed by atoms with Gasteiger partial charge in [-0.2, -0.15) is 0 Å². The maximum atomic E-state index is 8.74. The van der Waals surface area contributed by atoms with Gasteiger partial charge in [-0.25, -0.2) is 9.97 Å². The first-order chi connectivity index (χ1) is 8.20. The second-order valence-electron chi connectivity index (χ2n) is 4.05. The SMILES string of the molecule is CCNc1ncnc(OCCCO)c1C(C)C.